The number of rotatable bonds is 6. The fraction of sp³-hybridized carbons (Fsp3) is 0.630. The van der Waals surface area contributed by atoms with Gasteiger partial charge in [0.1, 0.15) is 16.9 Å². The lowest BCUT2D eigenvalue weighted by Gasteiger charge is -2.33. The molecule has 184 valence electrons. The smallest absolute Gasteiger partial charge is 0.358 e. The van der Waals surface area contributed by atoms with E-state index in [1.807, 2.05) is 13.8 Å². The summed E-state index contributed by atoms with van der Waals surface area (Å²) in [6.07, 6.45) is 7.77. The number of aliphatic hydroxyl groups excluding tert-OH is 1. The van der Waals surface area contributed by atoms with Gasteiger partial charge < -0.3 is 19.3 Å². The van der Waals surface area contributed by atoms with Gasteiger partial charge in [-0.3, -0.25) is 0 Å². The monoisotopic (exact) mass is 485 g/mol. The number of hydrogen-bond acceptors (Lipinski definition) is 7. The van der Waals surface area contributed by atoms with Gasteiger partial charge in [0.05, 0.1) is 24.9 Å². The number of carbonyl (C=O) groups is 1. The Kier molecular flexibility index (Phi) is 7.23. The number of aromatic nitrogens is 1. The second kappa shape index (κ2) is 10.3. The quantitative estimate of drug-likeness (QED) is 0.443. The van der Waals surface area contributed by atoms with Crippen molar-refractivity contribution in [3.8, 4) is 5.75 Å². The summed E-state index contributed by atoms with van der Waals surface area (Å²) in [5.74, 6) is 0.863. The van der Waals surface area contributed by atoms with Crippen molar-refractivity contribution in [2.75, 3.05) is 6.61 Å². The molecular formula is C27H35NO5S. The standard InChI is InChI=1S/C27H35NO5S/c1-16(2)32-27(30)22-15-34-26(28-22)24-11-10-20-21(23(29)13-25(20)33-24)14-31-19-9-8-17-6-4-3-5-7-18(17)12-19/h8-9,12,15-16,20-21,23-25,29H,3-7,10-11,13-14H2,1-2H3/t20-,21-,23+,24-,25+/m1/s1. The number of aryl methyl sites for hydroxylation is 2. The fourth-order valence-corrected chi connectivity index (χ4v) is 6.57. The van der Waals surface area contributed by atoms with Gasteiger partial charge in [0, 0.05) is 17.7 Å². The van der Waals surface area contributed by atoms with E-state index >= 15 is 0 Å². The Balaban J connectivity index is 1.18. The molecular weight excluding hydrogens is 450 g/mol. The van der Waals surface area contributed by atoms with Crippen molar-refractivity contribution in [3.05, 3.63) is 45.4 Å². The molecule has 0 amide bonds. The van der Waals surface area contributed by atoms with Gasteiger partial charge in [-0.05, 0) is 81.5 Å². The maximum atomic E-state index is 12.1. The number of hydrogen-bond donors (Lipinski definition) is 1. The minimum atomic E-state index is -0.428. The molecule has 0 spiro atoms. The number of ether oxygens (including phenoxy) is 3. The van der Waals surface area contributed by atoms with Crippen molar-refractivity contribution in [1.29, 1.82) is 0 Å². The van der Waals surface area contributed by atoms with Crippen molar-refractivity contribution >= 4 is 17.3 Å². The molecule has 2 aliphatic carbocycles. The first-order valence-corrected chi connectivity index (χ1v) is 13.6. The SMILES string of the molecule is CC(C)OC(=O)c1csc([C@H]2CC[C@@H]3[C@@H](COc4ccc5c(c4)CCCCC5)[C@@H](O)C[C@@H]3O2)n1. The number of carbonyl (C=O) groups excluding carboxylic acids is 1. The van der Waals surface area contributed by atoms with Gasteiger partial charge >= 0.3 is 5.97 Å². The highest BCUT2D eigenvalue weighted by molar-refractivity contribution is 7.09. The van der Waals surface area contributed by atoms with Gasteiger partial charge in [-0.2, -0.15) is 0 Å². The van der Waals surface area contributed by atoms with Crippen molar-refractivity contribution in [2.45, 2.75) is 89.6 Å². The van der Waals surface area contributed by atoms with Crippen molar-refractivity contribution < 1.29 is 24.1 Å². The van der Waals surface area contributed by atoms with Crippen LogP contribution in [0.15, 0.2) is 23.6 Å². The summed E-state index contributed by atoms with van der Waals surface area (Å²) in [6, 6.07) is 6.51. The first-order chi connectivity index (χ1) is 16.5. The van der Waals surface area contributed by atoms with E-state index in [0.717, 1.165) is 30.0 Å². The van der Waals surface area contributed by atoms with Crippen LogP contribution in [-0.4, -0.2) is 41.0 Å². The number of esters is 1. The zero-order valence-corrected chi connectivity index (χ0v) is 20.9. The average molecular weight is 486 g/mol. The molecule has 2 heterocycles. The highest BCUT2D eigenvalue weighted by Gasteiger charge is 2.47. The third kappa shape index (κ3) is 5.16. The Bertz CT molecular complexity index is 1000. The zero-order chi connectivity index (χ0) is 23.7. The molecule has 1 saturated heterocycles. The summed E-state index contributed by atoms with van der Waals surface area (Å²) in [5, 5.41) is 13.4. The van der Waals surface area contributed by atoms with Crippen LogP contribution in [0.25, 0.3) is 0 Å². The predicted molar refractivity (Wildman–Crippen MR) is 130 cm³/mol. The second-order valence-corrected chi connectivity index (χ2v) is 11.1. The third-order valence-electron chi connectivity index (χ3n) is 7.46. The lowest BCUT2D eigenvalue weighted by molar-refractivity contribution is -0.0812. The lowest BCUT2D eigenvalue weighted by atomic mass is 9.87. The molecule has 1 saturated carbocycles. The summed E-state index contributed by atoms with van der Waals surface area (Å²) in [5.41, 5.74) is 3.22. The third-order valence-corrected chi connectivity index (χ3v) is 8.40. The summed E-state index contributed by atoms with van der Waals surface area (Å²) in [4.78, 5) is 16.6. The van der Waals surface area contributed by atoms with Crippen LogP contribution in [0.5, 0.6) is 5.75 Å². The topological polar surface area (TPSA) is 77.9 Å². The van der Waals surface area contributed by atoms with Crippen LogP contribution in [0.3, 0.4) is 0 Å². The molecule has 1 aromatic carbocycles. The number of thiazole rings is 1. The van der Waals surface area contributed by atoms with E-state index in [2.05, 4.69) is 23.2 Å². The predicted octanol–water partition coefficient (Wildman–Crippen LogP) is 5.27. The van der Waals surface area contributed by atoms with Gasteiger partial charge in [0.15, 0.2) is 5.69 Å². The second-order valence-electron chi connectivity index (χ2n) is 10.2. The summed E-state index contributed by atoms with van der Waals surface area (Å²) in [6.45, 7) is 4.17. The lowest BCUT2D eigenvalue weighted by Crippen LogP contribution is -2.33. The van der Waals surface area contributed by atoms with Crippen LogP contribution in [0, 0.1) is 11.8 Å². The minimum absolute atomic E-state index is 0.00985. The fourth-order valence-electron chi connectivity index (χ4n) is 5.72. The van der Waals surface area contributed by atoms with E-state index in [-0.39, 0.29) is 30.1 Å². The van der Waals surface area contributed by atoms with Gasteiger partial charge in [0.2, 0.25) is 0 Å². The molecule has 2 fully saturated rings. The number of aliphatic hydroxyl groups is 1. The van der Waals surface area contributed by atoms with Crippen LogP contribution >= 0.6 is 11.3 Å². The van der Waals surface area contributed by atoms with Crippen molar-refractivity contribution in [2.24, 2.45) is 11.8 Å². The van der Waals surface area contributed by atoms with Gasteiger partial charge in [-0.25, -0.2) is 9.78 Å². The Hall–Kier alpha value is -1.96. The van der Waals surface area contributed by atoms with E-state index in [1.54, 1.807) is 5.38 Å². The van der Waals surface area contributed by atoms with E-state index in [0.29, 0.717) is 18.7 Å². The summed E-state index contributed by atoms with van der Waals surface area (Å²) >= 11 is 1.44. The van der Waals surface area contributed by atoms with Crippen LogP contribution in [0.1, 0.15) is 85.1 Å². The molecule has 7 heteroatoms. The van der Waals surface area contributed by atoms with Crippen molar-refractivity contribution in [1.82, 2.24) is 4.98 Å². The number of fused-ring (bicyclic) bond motifs is 2. The van der Waals surface area contributed by atoms with Crippen LogP contribution in [-0.2, 0) is 22.3 Å². The molecule has 34 heavy (non-hydrogen) atoms. The summed E-state index contributed by atoms with van der Waals surface area (Å²) < 4.78 is 17.9. The summed E-state index contributed by atoms with van der Waals surface area (Å²) in [7, 11) is 0. The number of nitrogens with zero attached hydrogens (tertiary/aromatic N) is 1. The molecule has 1 aromatic heterocycles. The van der Waals surface area contributed by atoms with Crippen molar-refractivity contribution in [3.63, 3.8) is 0 Å². The van der Waals surface area contributed by atoms with Gasteiger partial charge in [0.25, 0.3) is 0 Å². The maximum Gasteiger partial charge on any atom is 0.358 e. The number of benzene rings is 1. The molecule has 3 aliphatic rings. The molecule has 1 N–H and O–H groups in total. The molecule has 6 nitrogen and oxygen atoms in total. The Labute approximate surface area is 205 Å². The van der Waals surface area contributed by atoms with E-state index in [9.17, 15) is 9.90 Å². The van der Waals surface area contributed by atoms with E-state index in [1.165, 1.54) is 48.1 Å². The highest BCUT2D eigenvalue weighted by Crippen LogP contribution is 2.46. The molecule has 0 radical (unpaired) electrons. The minimum Gasteiger partial charge on any atom is -0.493 e. The van der Waals surface area contributed by atoms with E-state index in [4.69, 9.17) is 14.2 Å². The van der Waals surface area contributed by atoms with Gasteiger partial charge in [-0.15, -0.1) is 11.3 Å². The Morgan fingerprint density at radius 3 is 2.85 bits per heavy atom. The first-order valence-electron chi connectivity index (χ1n) is 12.7. The maximum absolute atomic E-state index is 12.1. The average Bonchev–Trinajstić information content (AvgIpc) is 3.34. The molecule has 5 rings (SSSR count). The first kappa shape index (κ1) is 23.8. The van der Waals surface area contributed by atoms with Crippen LogP contribution < -0.4 is 4.74 Å². The van der Waals surface area contributed by atoms with Crippen LogP contribution in [0.4, 0.5) is 0 Å². The molecule has 0 unspecified atom stereocenters. The zero-order valence-electron chi connectivity index (χ0n) is 20.1. The molecule has 1 aliphatic heterocycles. The highest BCUT2D eigenvalue weighted by atomic mass is 32.1. The van der Waals surface area contributed by atoms with E-state index < -0.39 is 12.1 Å². The Morgan fingerprint density at radius 2 is 2.03 bits per heavy atom. The normalized spacial score (nSPS) is 28.8. The molecule has 0 bridgehead atoms. The van der Waals surface area contributed by atoms with Gasteiger partial charge in [-0.1, -0.05) is 12.5 Å². The molecule has 5 atom stereocenters. The largest absolute Gasteiger partial charge is 0.493 e. The Morgan fingerprint density at radius 1 is 1.21 bits per heavy atom. The molecule has 2 aromatic rings. The van der Waals surface area contributed by atoms with Crippen LogP contribution in [0.2, 0.25) is 0 Å².